The van der Waals surface area contributed by atoms with Gasteiger partial charge in [0.05, 0.1) is 23.8 Å². The molecule has 0 amide bonds. The number of nitro benzene ring substituents is 1. The monoisotopic (exact) mass is 437 g/mol. The summed E-state index contributed by atoms with van der Waals surface area (Å²) in [6, 6.07) is 6.09. The molecule has 162 valence electrons. The molecule has 2 aromatic rings. The van der Waals surface area contributed by atoms with Crippen molar-refractivity contribution in [3.63, 3.8) is 0 Å². The van der Waals surface area contributed by atoms with Crippen LogP contribution in [0.25, 0.3) is 0 Å². The van der Waals surface area contributed by atoms with Crippen molar-refractivity contribution in [3.8, 4) is 0 Å². The van der Waals surface area contributed by atoms with E-state index in [-0.39, 0.29) is 23.9 Å². The first-order valence-electron chi connectivity index (χ1n) is 9.64. The van der Waals surface area contributed by atoms with Crippen LogP contribution in [0.2, 0.25) is 5.15 Å². The van der Waals surface area contributed by atoms with Gasteiger partial charge in [-0.2, -0.15) is 0 Å². The molecular formula is C20H24ClN3O6. The van der Waals surface area contributed by atoms with Crippen LogP contribution in [-0.4, -0.2) is 38.1 Å². The van der Waals surface area contributed by atoms with E-state index in [0.717, 1.165) is 18.4 Å². The number of nitrogens with zero attached hydrogens (tertiary/aromatic N) is 3. The lowest BCUT2D eigenvalue weighted by molar-refractivity contribution is -0.384. The number of hydrogen-bond donors (Lipinski definition) is 1. The van der Waals surface area contributed by atoms with Gasteiger partial charge in [0, 0.05) is 25.0 Å². The summed E-state index contributed by atoms with van der Waals surface area (Å²) in [5.41, 5.74) is 1.08. The molecule has 1 N–H and O–H groups in total. The van der Waals surface area contributed by atoms with Crippen LogP contribution in [0.3, 0.4) is 0 Å². The van der Waals surface area contributed by atoms with E-state index in [4.69, 9.17) is 16.3 Å². The molecule has 30 heavy (non-hydrogen) atoms. The van der Waals surface area contributed by atoms with Gasteiger partial charge in [-0.15, -0.1) is 0 Å². The maximum Gasteiger partial charge on any atom is 0.320 e. The van der Waals surface area contributed by atoms with E-state index in [1.54, 1.807) is 23.6 Å². The highest BCUT2D eigenvalue weighted by molar-refractivity contribution is 6.30. The maximum atomic E-state index is 12.0. The number of unbranched alkanes of at least 4 members (excludes halogenated alkanes) is 1. The van der Waals surface area contributed by atoms with Crippen LogP contribution < -0.4 is 0 Å². The van der Waals surface area contributed by atoms with Gasteiger partial charge in [-0.05, 0) is 18.9 Å². The molecule has 1 aromatic carbocycles. The van der Waals surface area contributed by atoms with E-state index < -0.39 is 22.8 Å². The minimum atomic E-state index is -1.40. The summed E-state index contributed by atoms with van der Waals surface area (Å²) in [5, 5.41) is 20.5. The van der Waals surface area contributed by atoms with E-state index in [1.165, 1.54) is 12.1 Å². The summed E-state index contributed by atoms with van der Waals surface area (Å²) in [4.78, 5) is 38.4. The van der Waals surface area contributed by atoms with Gasteiger partial charge in [-0.3, -0.25) is 19.7 Å². The molecule has 0 radical (unpaired) electrons. The molecule has 2 rings (SSSR count). The Balaban J connectivity index is 2.34. The number of carbonyl (C=O) groups is 2. The highest BCUT2D eigenvalue weighted by atomic mass is 35.5. The quantitative estimate of drug-likeness (QED) is 0.246. The SMILES string of the molecule is CCCCc1nc(CC(C(=O)O)C(=O)OCC)c(Cl)n1Cc1ccc([N+](=O)[O-])cc1. The molecule has 1 aromatic heterocycles. The summed E-state index contributed by atoms with van der Waals surface area (Å²) in [6.07, 6.45) is 2.23. The second-order valence-corrected chi connectivity index (χ2v) is 7.08. The molecule has 1 atom stereocenters. The number of hydrogen-bond acceptors (Lipinski definition) is 6. The molecule has 0 spiro atoms. The lowest BCUT2D eigenvalue weighted by atomic mass is 10.0. The number of carboxylic acids is 1. The number of aliphatic carboxylic acids is 1. The van der Waals surface area contributed by atoms with Crippen molar-refractivity contribution in [2.75, 3.05) is 6.61 Å². The number of aromatic nitrogens is 2. The Morgan fingerprint density at radius 2 is 1.97 bits per heavy atom. The van der Waals surface area contributed by atoms with Gasteiger partial charge in [0.25, 0.3) is 5.69 Å². The van der Waals surface area contributed by atoms with Crippen LogP contribution >= 0.6 is 11.6 Å². The van der Waals surface area contributed by atoms with Gasteiger partial charge < -0.3 is 14.4 Å². The van der Waals surface area contributed by atoms with Crippen LogP contribution in [0.5, 0.6) is 0 Å². The first kappa shape index (κ1) is 23.3. The molecular weight excluding hydrogens is 414 g/mol. The number of aryl methyl sites for hydroxylation is 1. The number of ether oxygens (including phenoxy) is 1. The lowest BCUT2D eigenvalue weighted by Gasteiger charge is -2.11. The van der Waals surface area contributed by atoms with Crippen LogP contribution in [-0.2, 0) is 33.7 Å². The number of carbonyl (C=O) groups excluding carboxylic acids is 1. The molecule has 1 heterocycles. The summed E-state index contributed by atoms with van der Waals surface area (Å²) in [7, 11) is 0. The normalized spacial score (nSPS) is 11.8. The van der Waals surface area contributed by atoms with Gasteiger partial charge >= 0.3 is 11.9 Å². The van der Waals surface area contributed by atoms with Crippen molar-refractivity contribution in [3.05, 3.63) is 56.6 Å². The Bertz CT molecular complexity index is 910. The Hall–Kier alpha value is -2.94. The van der Waals surface area contributed by atoms with Gasteiger partial charge in [0.2, 0.25) is 0 Å². The molecule has 0 saturated heterocycles. The molecule has 0 aliphatic heterocycles. The molecule has 1 unspecified atom stereocenters. The highest BCUT2D eigenvalue weighted by Gasteiger charge is 2.31. The summed E-state index contributed by atoms with van der Waals surface area (Å²) < 4.78 is 6.60. The van der Waals surface area contributed by atoms with Crippen LogP contribution in [0.15, 0.2) is 24.3 Å². The second-order valence-electron chi connectivity index (χ2n) is 6.73. The minimum absolute atomic E-state index is 0.0129. The highest BCUT2D eigenvalue weighted by Crippen LogP contribution is 2.25. The number of imidazole rings is 1. The fourth-order valence-electron chi connectivity index (χ4n) is 2.96. The zero-order chi connectivity index (χ0) is 22.3. The zero-order valence-electron chi connectivity index (χ0n) is 16.8. The van der Waals surface area contributed by atoms with Gasteiger partial charge in [-0.25, -0.2) is 4.98 Å². The molecule has 0 saturated carbocycles. The Morgan fingerprint density at radius 3 is 2.50 bits per heavy atom. The standard InChI is InChI=1S/C20H24ClN3O6/c1-3-5-6-17-22-16(11-15(19(25)26)20(27)30-4-2)18(21)23(17)12-13-7-9-14(10-8-13)24(28)29/h7-10,15H,3-6,11-12H2,1-2H3,(H,25,26). The van der Waals surface area contributed by atoms with Crippen molar-refractivity contribution in [2.24, 2.45) is 5.92 Å². The van der Waals surface area contributed by atoms with E-state index in [2.05, 4.69) is 4.98 Å². The molecule has 10 heteroatoms. The average Bonchev–Trinajstić information content (AvgIpc) is 2.99. The predicted octanol–water partition coefficient (Wildman–Crippen LogP) is 3.64. The predicted molar refractivity (Wildman–Crippen MR) is 110 cm³/mol. The zero-order valence-corrected chi connectivity index (χ0v) is 17.6. The van der Waals surface area contributed by atoms with Crippen molar-refractivity contribution in [1.82, 2.24) is 9.55 Å². The fourth-order valence-corrected chi connectivity index (χ4v) is 3.24. The van der Waals surface area contributed by atoms with Crippen LogP contribution in [0, 0.1) is 16.0 Å². The summed E-state index contributed by atoms with van der Waals surface area (Å²) in [6.45, 7) is 4.03. The van der Waals surface area contributed by atoms with Gasteiger partial charge in [0.1, 0.15) is 11.0 Å². The maximum absolute atomic E-state index is 12.0. The third kappa shape index (κ3) is 5.79. The number of nitro groups is 1. The topological polar surface area (TPSA) is 125 Å². The fraction of sp³-hybridized carbons (Fsp3) is 0.450. The molecule has 0 aliphatic carbocycles. The number of rotatable bonds is 11. The van der Waals surface area contributed by atoms with E-state index in [1.807, 2.05) is 6.92 Å². The molecule has 0 bridgehead atoms. The largest absolute Gasteiger partial charge is 0.481 e. The number of benzene rings is 1. The Labute approximate surface area is 178 Å². The molecule has 9 nitrogen and oxygen atoms in total. The van der Waals surface area contributed by atoms with Crippen molar-refractivity contribution < 1.29 is 24.4 Å². The number of non-ortho nitro benzene ring substituents is 1. The van der Waals surface area contributed by atoms with Crippen molar-refractivity contribution in [1.29, 1.82) is 0 Å². The first-order chi connectivity index (χ1) is 14.3. The minimum Gasteiger partial charge on any atom is -0.481 e. The Kier molecular flexibility index (Phi) is 8.35. The Morgan fingerprint density at radius 1 is 1.30 bits per heavy atom. The lowest BCUT2D eigenvalue weighted by Crippen LogP contribution is -2.28. The van der Waals surface area contributed by atoms with E-state index >= 15 is 0 Å². The molecule has 0 aliphatic rings. The third-order valence-corrected chi connectivity index (χ3v) is 4.98. The summed E-state index contributed by atoms with van der Waals surface area (Å²) in [5.74, 6) is -2.86. The smallest absolute Gasteiger partial charge is 0.320 e. The van der Waals surface area contributed by atoms with E-state index in [0.29, 0.717) is 24.5 Å². The van der Waals surface area contributed by atoms with Crippen molar-refractivity contribution >= 4 is 29.2 Å². The van der Waals surface area contributed by atoms with E-state index in [9.17, 15) is 24.8 Å². The van der Waals surface area contributed by atoms with Crippen molar-refractivity contribution in [2.45, 2.75) is 46.1 Å². The number of esters is 1. The van der Waals surface area contributed by atoms with Gasteiger partial charge in [0.15, 0.2) is 5.92 Å². The van der Waals surface area contributed by atoms with Gasteiger partial charge in [-0.1, -0.05) is 37.1 Å². The molecule has 0 fully saturated rings. The number of carboxylic acid groups (broad SMARTS) is 1. The number of halogens is 1. The first-order valence-corrected chi connectivity index (χ1v) is 10.0. The third-order valence-electron chi connectivity index (χ3n) is 4.56. The van der Waals surface area contributed by atoms with Crippen LogP contribution in [0.4, 0.5) is 5.69 Å². The summed E-state index contributed by atoms with van der Waals surface area (Å²) >= 11 is 6.52. The average molecular weight is 438 g/mol. The second kappa shape index (κ2) is 10.7. The van der Waals surface area contributed by atoms with Crippen LogP contribution in [0.1, 0.15) is 43.8 Å².